The SMILES string of the molecule is CC1CCN(C(=O)c2ccc(NCc3ccccn3)cn2)CC1. The predicted molar refractivity (Wildman–Crippen MR) is 90.1 cm³/mol. The van der Waals surface area contributed by atoms with Gasteiger partial charge in [-0.1, -0.05) is 13.0 Å². The van der Waals surface area contributed by atoms with E-state index in [0.29, 0.717) is 18.2 Å². The molecular formula is C18H22N4O. The third-order valence-electron chi connectivity index (χ3n) is 4.25. The fourth-order valence-corrected chi connectivity index (χ4v) is 2.69. The molecule has 1 aliphatic heterocycles. The Labute approximate surface area is 136 Å². The lowest BCUT2D eigenvalue weighted by Gasteiger charge is -2.30. The van der Waals surface area contributed by atoms with Gasteiger partial charge in [-0.25, -0.2) is 4.98 Å². The first kappa shape index (κ1) is 15.5. The molecule has 120 valence electrons. The molecule has 23 heavy (non-hydrogen) atoms. The largest absolute Gasteiger partial charge is 0.378 e. The first-order chi connectivity index (χ1) is 11.2. The Morgan fingerprint density at radius 2 is 2.04 bits per heavy atom. The van der Waals surface area contributed by atoms with Gasteiger partial charge in [0.2, 0.25) is 0 Å². The second-order valence-corrected chi connectivity index (χ2v) is 6.08. The van der Waals surface area contributed by atoms with E-state index in [1.54, 1.807) is 18.5 Å². The van der Waals surface area contributed by atoms with Crippen molar-refractivity contribution in [3.8, 4) is 0 Å². The van der Waals surface area contributed by atoms with Gasteiger partial charge in [0.1, 0.15) is 5.69 Å². The van der Waals surface area contributed by atoms with Crippen molar-refractivity contribution in [2.75, 3.05) is 18.4 Å². The normalized spacial score (nSPS) is 15.4. The number of amides is 1. The molecule has 1 amide bonds. The summed E-state index contributed by atoms with van der Waals surface area (Å²) in [5, 5.41) is 3.26. The van der Waals surface area contributed by atoms with Crippen LogP contribution >= 0.6 is 0 Å². The average molecular weight is 310 g/mol. The van der Waals surface area contributed by atoms with Crippen LogP contribution in [0.25, 0.3) is 0 Å². The van der Waals surface area contributed by atoms with Gasteiger partial charge in [-0.2, -0.15) is 0 Å². The van der Waals surface area contributed by atoms with Crippen molar-refractivity contribution in [3.05, 3.63) is 54.1 Å². The Hall–Kier alpha value is -2.43. The molecule has 0 aliphatic carbocycles. The van der Waals surface area contributed by atoms with E-state index in [-0.39, 0.29) is 5.91 Å². The number of anilines is 1. The molecule has 1 saturated heterocycles. The molecule has 5 heteroatoms. The first-order valence-electron chi connectivity index (χ1n) is 8.11. The molecule has 2 aromatic rings. The molecule has 0 unspecified atom stereocenters. The van der Waals surface area contributed by atoms with Crippen molar-refractivity contribution in [1.82, 2.24) is 14.9 Å². The maximum absolute atomic E-state index is 12.4. The molecule has 1 fully saturated rings. The van der Waals surface area contributed by atoms with Crippen LogP contribution in [0.5, 0.6) is 0 Å². The van der Waals surface area contributed by atoms with E-state index in [4.69, 9.17) is 0 Å². The summed E-state index contributed by atoms with van der Waals surface area (Å²) < 4.78 is 0. The summed E-state index contributed by atoms with van der Waals surface area (Å²) in [4.78, 5) is 22.9. The van der Waals surface area contributed by atoms with E-state index in [0.717, 1.165) is 37.3 Å². The summed E-state index contributed by atoms with van der Waals surface area (Å²) in [6, 6.07) is 9.52. The van der Waals surface area contributed by atoms with Crippen molar-refractivity contribution < 1.29 is 4.79 Å². The molecule has 0 radical (unpaired) electrons. The van der Waals surface area contributed by atoms with Gasteiger partial charge in [0.25, 0.3) is 5.91 Å². The van der Waals surface area contributed by atoms with Crippen LogP contribution in [0, 0.1) is 5.92 Å². The highest BCUT2D eigenvalue weighted by molar-refractivity contribution is 5.92. The maximum Gasteiger partial charge on any atom is 0.272 e. The van der Waals surface area contributed by atoms with E-state index >= 15 is 0 Å². The van der Waals surface area contributed by atoms with Crippen LogP contribution in [0.15, 0.2) is 42.7 Å². The number of pyridine rings is 2. The fraction of sp³-hybridized carbons (Fsp3) is 0.389. The van der Waals surface area contributed by atoms with Crippen LogP contribution in [-0.2, 0) is 6.54 Å². The molecule has 3 rings (SSSR count). The highest BCUT2D eigenvalue weighted by Gasteiger charge is 2.22. The first-order valence-corrected chi connectivity index (χ1v) is 8.11. The van der Waals surface area contributed by atoms with Crippen molar-refractivity contribution >= 4 is 11.6 Å². The van der Waals surface area contributed by atoms with Gasteiger partial charge < -0.3 is 10.2 Å². The zero-order chi connectivity index (χ0) is 16.1. The van der Waals surface area contributed by atoms with Gasteiger partial charge in [0.15, 0.2) is 0 Å². The third-order valence-corrected chi connectivity index (χ3v) is 4.25. The summed E-state index contributed by atoms with van der Waals surface area (Å²) in [5.41, 5.74) is 2.37. The van der Waals surface area contributed by atoms with Crippen LogP contribution in [0.2, 0.25) is 0 Å². The van der Waals surface area contributed by atoms with Crippen molar-refractivity contribution in [1.29, 1.82) is 0 Å². The number of piperidine rings is 1. The molecule has 5 nitrogen and oxygen atoms in total. The number of nitrogens with zero attached hydrogens (tertiary/aromatic N) is 3. The molecule has 0 atom stereocenters. The second-order valence-electron chi connectivity index (χ2n) is 6.08. The second kappa shape index (κ2) is 7.22. The lowest BCUT2D eigenvalue weighted by Crippen LogP contribution is -2.38. The van der Waals surface area contributed by atoms with Crippen LogP contribution in [-0.4, -0.2) is 33.9 Å². The van der Waals surface area contributed by atoms with Gasteiger partial charge in [0, 0.05) is 19.3 Å². The summed E-state index contributed by atoms with van der Waals surface area (Å²) in [6.45, 7) is 4.55. The predicted octanol–water partition coefficient (Wildman–Crippen LogP) is 2.96. The summed E-state index contributed by atoms with van der Waals surface area (Å²) in [6.07, 6.45) is 5.64. The minimum atomic E-state index is 0.0353. The highest BCUT2D eigenvalue weighted by atomic mass is 16.2. The van der Waals surface area contributed by atoms with Gasteiger partial charge in [-0.05, 0) is 43.0 Å². The number of hydrogen-bond donors (Lipinski definition) is 1. The molecule has 0 aromatic carbocycles. The summed E-state index contributed by atoms with van der Waals surface area (Å²) in [5.74, 6) is 0.748. The molecular weight excluding hydrogens is 288 g/mol. The van der Waals surface area contributed by atoms with Crippen LogP contribution < -0.4 is 5.32 Å². The highest BCUT2D eigenvalue weighted by Crippen LogP contribution is 2.18. The lowest BCUT2D eigenvalue weighted by atomic mass is 9.99. The number of hydrogen-bond acceptors (Lipinski definition) is 4. The Kier molecular flexibility index (Phi) is 4.86. The summed E-state index contributed by atoms with van der Waals surface area (Å²) in [7, 11) is 0. The van der Waals surface area contributed by atoms with Gasteiger partial charge in [0.05, 0.1) is 24.1 Å². The number of aromatic nitrogens is 2. The third kappa shape index (κ3) is 4.06. The zero-order valence-electron chi connectivity index (χ0n) is 13.4. The number of carbonyl (C=O) groups is 1. The Bertz CT molecular complexity index is 634. The van der Waals surface area contributed by atoms with Crippen LogP contribution in [0.3, 0.4) is 0 Å². The fourth-order valence-electron chi connectivity index (χ4n) is 2.69. The van der Waals surface area contributed by atoms with E-state index < -0.39 is 0 Å². The smallest absolute Gasteiger partial charge is 0.272 e. The summed E-state index contributed by atoms with van der Waals surface area (Å²) >= 11 is 0. The number of likely N-dealkylation sites (tertiary alicyclic amines) is 1. The topological polar surface area (TPSA) is 58.1 Å². The molecule has 1 aliphatic rings. The van der Waals surface area contributed by atoms with Crippen LogP contribution in [0.1, 0.15) is 35.9 Å². The Morgan fingerprint density at radius 3 is 2.70 bits per heavy atom. The molecule has 0 spiro atoms. The molecule has 1 N–H and O–H groups in total. The van der Waals surface area contributed by atoms with Gasteiger partial charge in [-0.15, -0.1) is 0 Å². The number of nitrogens with one attached hydrogen (secondary N) is 1. The van der Waals surface area contributed by atoms with Gasteiger partial charge >= 0.3 is 0 Å². The monoisotopic (exact) mass is 310 g/mol. The Morgan fingerprint density at radius 1 is 1.22 bits per heavy atom. The van der Waals surface area contributed by atoms with Crippen molar-refractivity contribution in [2.45, 2.75) is 26.3 Å². The van der Waals surface area contributed by atoms with Gasteiger partial charge in [-0.3, -0.25) is 9.78 Å². The van der Waals surface area contributed by atoms with E-state index in [1.807, 2.05) is 29.2 Å². The zero-order valence-corrected chi connectivity index (χ0v) is 13.4. The van der Waals surface area contributed by atoms with Crippen LogP contribution in [0.4, 0.5) is 5.69 Å². The minimum absolute atomic E-state index is 0.0353. The van der Waals surface area contributed by atoms with E-state index in [9.17, 15) is 4.79 Å². The molecule has 0 bridgehead atoms. The quantitative estimate of drug-likeness (QED) is 0.943. The molecule has 0 saturated carbocycles. The maximum atomic E-state index is 12.4. The lowest BCUT2D eigenvalue weighted by molar-refractivity contribution is 0.0691. The van der Waals surface area contributed by atoms with E-state index in [2.05, 4.69) is 22.2 Å². The molecule has 3 heterocycles. The molecule has 2 aromatic heterocycles. The Balaban J connectivity index is 1.57. The minimum Gasteiger partial charge on any atom is -0.378 e. The average Bonchev–Trinajstić information content (AvgIpc) is 2.61. The van der Waals surface area contributed by atoms with Crippen molar-refractivity contribution in [2.24, 2.45) is 5.92 Å². The number of carbonyl (C=O) groups excluding carboxylic acids is 1. The van der Waals surface area contributed by atoms with E-state index in [1.165, 1.54) is 0 Å². The number of rotatable bonds is 4. The van der Waals surface area contributed by atoms with Crippen molar-refractivity contribution in [3.63, 3.8) is 0 Å². The standard InChI is InChI=1S/C18H22N4O/c1-14-7-10-22(11-8-14)18(23)17-6-5-16(13-21-17)20-12-15-4-2-3-9-19-15/h2-6,9,13-14,20H,7-8,10-12H2,1H3.